The van der Waals surface area contributed by atoms with E-state index in [1.807, 2.05) is 6.92 Å². The molecule has 0 aliphatic heterocycles. The van der Waals surface area contributed by atoms with Crippen molar-refractivity contribution in [2.75, 3.05) is 13.7 Å². The van der Waals surface area contributed by atoms with E-state index in [2.05, 4.69) is 26.5 Å². The third-order valence-corrected chi connectivity index (χ3v) is 3.70. The largest absolute Gasteiger partial charge is 0.493 e. The summed E-state index contributed by atoms with van der Waals surface area (Å²) in [5.74, 6) is -1.12. The zero-order chi connectivity index (χ0) is 18.4. The number of rotatable bonds is 6. The van der Waals surface area contributed by atoms with Gasteiger partial charge in [0.05, 0.1) is 24.4 Å². The highest BCUT2D eigenvalue weighted by Gasteiger charge is 2.15. The van der Waals surface area contributed by atoms with E-state index >= 15 is 0 Å². The molecule has 0 aliphatic rings. The second kappa shape index (κ2) is 8.57. The highest BCUT2D eigenvalue weighted by atomic mass is 79.9. The number of halogens is 3. The quantitative estimate of drug-likeness (QED) is 0.578. The van der Waals surface area contributed by atoms with Crippen molar-refractivity contribution in [3.63, 3.8) is 0 Å². The number of ether oxygens (including phenoxy) is 2. The van der Waals surface area contributed by atoms with Crippen molar-refractivity contribution in [3.05, 3.63) is 57.6 Å². The predicted molar refractivity (Wildman–Crippen MR) is 93.3 cm³/mol. The Balaban J connectivity index is 2.15. The summed E-state index contributed by atoms with van der Waals surface area (Å²) < 4.78 is 37.5. The fourth-order valence-electron chi connectivity index (χ4n) is 1.97. The van der Waals surface area contributed by atoms with Crippen molar-refractivity contribution < 1.29 is 23.0 Å². The molecule has 1 amide bonds. The van der Waals surface area contributed by atoms with E-state index in [0.29, 0.717) is 22.6 Å². The van der Waals surface area contributed by atoms with E-state index in [1.165, 1.54) is 19.2 Å². The first-order valence-corrected chi connectivity index (χ1v) is 8.04. The fourth-order valence-corrected chi connectivity index (χ4v) is 2.52. The third-order valence-electron chi connectivity index (χ3n) is 3.11. The summed E-state index contributed by atoms with van der Waals surface area (Å²) in [5.41, 5.74) is 2.59. The predicted octanol–water partition coefficient (Wildman–Crippen LogP) is 3.90. The Morgan fingerprint density at radius 1 is 1.32 bits per heavy atom. The Labute approximate surface area is 151 Å². The molecule has 2 aromatic rings. The van der Waals surface area contributed by atoms with Crippen LogP contribution in [0.15, 0.2) is 39.9 Å². The average molecular weight is 413 g/mol. The highest BCUT2D eigenvalue weighted by molar-refractivity contribution is 9.10. The first-order chi connectivity index (χ1) is 12.0. The van der Waals surface area contributed by atoms with Crippen molar-refractivity contribution in [1.29, 1.82) is 0 Å². The minimum atomic E-state index is -0.775. The Morgan fingerprint density at radius 2 is 2.08 bits per heavy atom. The number of carbonyl (C=O) groups is 1. The van der Waals surface area contributed by atoms with Crippen molar-refractivity contribution in [3.8, 4) is 11.5 Å². The van der Waals surface area contributed by atoms with Gasteiger partial charge in [0, 0.05) is 17.2 Å². The number of hydrazone groups is 1. The van der Waals surface area contributed by atoms with Crippen LogP contribution in [0.1, 0.15) is 22.8 Å². The van der Waals surface area contributed by atoms with Crippen molar-refractivity contribution in [1.82, 2.24) is 5.43 Å². The van der Waals surface area contributed by atoms with Gasteiger partial charge in [-0.25, -0.2) is 14.2 Å². The van der Waals surface area contributed by atoms with Crippen LogP contribution >= 0.6 is 15.9 Å². The van der Waals surface area contributed by atoms with Gasteiger partial charge in [0.25, 0.3) is 5.91 Å². The first-order valence-electron chi connectivity index (χ1n) is 7.25. The maximum Gasteiger partial charge on any atom is 0.271 e. The minimum absolute atomic E-state index is 0.0483. The van der Waals surface area contributed by atoms with Crippen LogP contribution in [0.3, 0.4) is 0 Å². The molecular weight excluding hydrogens is 398 g/mol. The average Bonchev–Trinajstić information content (AvgIpc) is 2.58. The van der Waals surface area contributed by atoms with Gasteiger partial charge in [0.15, 0.2) is 11.5 Å². The number of amides is 1. The summed E-state index contributed by atoms with van der Waals surface area (Å²) in [5, 5.41) is 3.68. The van der Waals surface area contributed by atoms with Crippen molar-refractivity contribution in [2.45, 2.75) is 6.92 Å². The molecule has 2 aromatic carbocycles. The summed E-state index contributed by atoms with van der Waals surface area (Å²) in [6, 6.07) is 6.10. The number of benzene rings is 2. The monoisotopic (exact) mass is 412 g/mol. The summed E-state index contributed by atoms with van der Waals surface area (Å²) in [6.45, 7) is 2.27. The van der Waals surface area contributed by atoms with E-state index in [0.717, 1.165) is 18.3 Å². The minimum Gasteiger partial charge on any atom is -0.493 e. The van der Waals surface area contributed by atoms with Gasteiger partial charge < -0.3 is 9.47 Å². The zero-order valence-electron chi connectivity index (χ0n) is 13.5. The maximum absolute atomic E-state index is 13.5. The Bertz CT molecular complexity index is 813. The van der Waals surface area contributed by atoms with Crippen LogP contribution in [-0.4, -0.2) is 25.8 Å². The van der Waals surface area contributed by atoms with Gasteiger partial charge in [-0.3, -0.25) is 4.79 Å². The number of hydrogen-bond acceptors (Lipinski definition) is 4. The van der Waals surface area contributed by atoms with Gasteiger partial charge in [-0.1, -0.05) is 0 Å². The van der Waals surface area contributed by atoms with Gasteiger partial charge in [-0.2, -0.15) is 5.10 Å². The molecule has 132 valence electrons. The molecular formula is C17H15BrF2N2O3. The highest BCUT2D eigenvalue weighted by Crippen LogP contribution is 2.36. The lowest BCUT2D eigenvalue weighted by molar-refractivity contribution is 0.0954. The van der Waals surface area contributed by atoms with E-state index in [9.17, 15) is 13.6 Å². The molecule has 0 aliphatic carbocycles. The number of nitrogens with zero attached hydrogens (tertiary/aromatic N) is 1. The Morgan fingerprint density at radius 3 is 2.72 bits per heavy atom. The molecule has 0 aromatic heterocycles. The third kappa shape index (κ3) is 4.76. The molecule has 1 N–H and O–H groups in total. The van der Waals surface area contributed by atoms with Crippen LogP contribution in [-0.2, 0) is 0 Å². The smallest absolute Gasteiger partial charge is 0.271 e. The molecule has 0 unspecified atom stereocenters. The normalized spacial score (nSPS) is 10.8. The topological polar surface area (TPSA) is 59.9 Å². The van der Waals surface area contributed by atoms with E-state index in [4.69, 9.17) is 9.47 Å². The van der Waals surface area contributed by atoms with Crippen molar-refractivity contribution in [2.24, 2.45) is 5.10 Å². The first kappa shape index (κ1) is 18.9. The van der Waals surface area contributed by atoms with Crippen LogP contribution in [0.5, 0.6) is 11.5 Å². The van der Waals surface area contributed by atoms with Gasteiger partial charge >= 0.3 is 0 Å². The van der Waals surface area contributed by atoms with E-state index in [1.54, 1.807) is 6.07 Å². The van der Waals surface area contributed by atoms with Gasteiger partial charge in [0.2, 0.25) is 0 Å². The molecule has 0 atom stereocenters. The summed E-state index contributed by atoms with van der Waals surface area (Å²) in [6.07, 6.45) is 1.09. The molecule has 25 heavy (non-hydrogen) atoms. The van der Waals surface area contributed by atoms with Gasteiger partial charge in [-0.05, 0) is 47.1 Å². The number of methoxy groups -OCH3 is 1. The molecule has 0 radical (unpaired) electrons. The molecule has 5 nitrogen and oxygen atoms in total. The van der Waals surface area contributed by atoms with E-state index < -0.39 is 17.5 Å². The molecule has 0 saturated heterocycles. The molecule has 0 heterocycles. The molecule has 0 spiro atoms. The van der Waals surface area contributed by atoms with Crippen LogP contribution in [0.2, 0.25) is 0 Å². The number of hydrogen-bond donors (Lipinski definition) is 1. The summed E-state index contributed by atoms with van der Waals surface area (Å²) in [4.78, 5) is 12.2. The lowest BCUT2D eigenvalue weighted by Crippen LogP contribution is -2.18. The standard InChI is InChI=1S/C17H15BrF2N2O3/c1-3-25-16-13(18)6-11(7-15(16)24-2)17(23)22-21-9-10-4-5-12(19)8-14(10)20/h4-9H,3H2,1-2H3,(H,22,23)/b21-9-. The van der Waals surface area contributed by atoms with E-state index in [-0.39, 0.29) is 11.1 Å². The second-order valence-electron chi connectivity index (χ2n) is 4.79. The second-order valence-corrected chi connectivity index (χ2v) is 5.64. The SMILES string of the molecule is CCOc1c(Br)cc(C(=O)N/N=C\c2ccc(F)cc2F)cc1OC. The fraction of sp³-hybridized carbons (Fsp3) is 0.176. The van der Waals surface area contributed by atoms with Crippen LogP contribution < -0.4 is 14.9 Å². The lowest BCUT2D eigenvalue weighted by atomic mass is 10.2. The van der Waals surface area contributed by atoms with Gasteiger partial charge in [-0.15, -0.1) is 0 Å². The van der Waals surface area contributed by atoms with Crippen LogP contribution in [0, 0.1) is 11.6 Å². The summed E-state index contributed by atoms with van der Waals surface area (Å²) in [7, 11) is 1.46. The molecule has 8 heteroatoms. The van der Waals surface area contributed by atoms with Gasteiger partial charge in [0.1, 0.15) is 11.6 Å². The number of nitrogens with one attached hydrogen (secondary N) is 1. The molecule has 0 bridgehead atoms. The lowest BCUT2D eigenvalue weighted by Gasteiger charge is -2.12. The van der Waals surface area contributed by atoms with Crippen LogP contribution in [0.4, 0.5) is 8.78 Å². The zero-order valence-corrected chi connectivity index (χ0v) is 15.1. The molecule has 0 saturated carbocycles. The Hall–Kier alpha value is -2.48. The van der Waals surface area contributed by atoms with Crippen molar-refractivity contribution >= 4 is 28.1 Å². The maximum atomic E-state index is 13.5. The van der Waals surface area contributed by atoms with Crippen LogP contribution in [0.25, 0.3) is 0 Å². The number of carbonyl (C=O) groups excluding carboxylic acids is 1. The Kier molecular flexibility index (Phi) is 6.46. The molecule has 0 fully saturated rings. The molecule has 2 rings (SSSR count). The summed E-state index contributed by atoms with van der Waals surface area (Å²) >= 11 is 3.32.